The summed E-state index contributed by atoms with van der Waals surface area (Å²) in [4.78, 5) is 11.3. The maximum atomic E-state index is 11.9. The number of carbonyl (C=O) groups is 1. The molecule has 0 radical (unpaired) electrons. The van der Waals surface area contributed by atoms with Gasteiger partial charge in [0.05, 0.1) is 5.69 Å². The first-order valence-corrected chi connectivity index (χ1v) is 7.03. The zero-order chi connectivity index (χ0) is 13.8. The highest BCUT2D eigenvalue weighted by Crippen LogP contribution is 2.21. The van der Waals surface area contributed by atoms with E-state index in [2.05, 4.69) is 0 Å². The Morgan fingerprint density at radius 1 is 1.39 bits per heavy atom. The molecule has 0 aliphatic carbocycles. The van der Waals surface area contributed by atoms with E-state index in [0.717, 1.165) is 5.41 Å². The second-order valence-corrected chi connectivity index (χ2v) is 5.51. The van der Waals surface area contributed by atoms with Crippen LogP contribution in [-0.2, 0) is 10.0 Å². The number of sulfonamides is 1. The van der Waals surface area contributed by atoms with Crippen molar-refractivity contribution in [2.24, 2.45) is 5.73 Å². The summed E-state index contributed by atoms with van der Waals surface area (Å²) in [6, 6.07) is 4.70. The number of allylic oxidation sites excluding steroid dienone is 1. The van der Waals surface area contributed by atoms with E-state index in [1.54, 1.807) is 6.92 Å². The summed E-state index contributed by atoms with van der Waals surface area (Å²) in [6.07, 6.45) is 1.97. The molecule has 0 aliphatic heterocycles. The lowest BCUT2D eigenvalue weighted by Gasteiger charge is -2.18. The number of hydrogen-bond donors (Lipinski definition) is 1. The monoisotopic (exact) mass is 288 g/mol. The van der Waals surface area contributed by atoms with Crippen LogP contribution in [0.25, 0.3) is 0 Å². The minimum atomic E-state index is -3.91. The van der Waals surface area contributed by atoms with Crippen molar-refractivity contribution >= 4 is 33.3 Å². The van der Waals surface area contributed by atoms with Gasteiger partial charge in [-0.05, 0) is 30.7 Å². The number of nitrogens with zero attached hydrogens (tertiary/aromatic N) is 1. The predicted molar refractivity (Wildman–Crippen MR) is 71.9 cm³/mol. The highest BCUT2D eigenvalue weighted by Gasteiger charge is 2.24. The SMILES string of the molecule is CCC=CS(=O)(=O)N(C(N)=O)c1ccc(Cl)cc1. The number of hydrogen-bond acceptors (Lipinski definition) is 3. The van der Waals surface area contributed by atoms with Crippen LogP contribution in [0.4, 0.5) is 10.5 Å². The smallest absolute Gasteiger partial charge is 0.333 e. The van der Waals surface area contributed by atoms with E-state index in [9.17, 15) is 13.2 Å². The van der Waals surface area contributed by atoms with Gasteiger partial charge in [-0.25, -0.2) is 13.2 Å². The van der Waals surface area contributed by atoms with E-state index in [4.69, 9.17) is 17.3 Å². The second-order valence-electron chi connectivity index (χ2n) is 3.40. The first kappa shape index (κ1) is 14.5. The third-order valence-corrected chi connectivity index (χ3v) is 3.71. The van der Waals surface area contributed by atoms with Crippen LogP contribution in [0, 0.1) is 0 Å². The Hall–Kier alpha value is -1.53. The Balaban J connectivity index is 3.23. The third-order valence-electron chi connectivity index (χ3n) is 2.02. The zero-order valence-electron chi connectivity index (χ0n) is 9.71. The van der Waals surface area contributed by atoms with Crippen LogP contribution in [0.15, 0.2) is 35.7 Å². The fraction of sp³-hybridized carbons (Fsp3) is 0.182. The molecule has 0 aliphatic rings. The lowest BCUT2D eigenvalue weighted by molar-refractivity contribution is 0.257. The summed E-state index contributed by atoms with van der Waals surface area (Å²) >= 11 is 5.70. The third kappa shape index (κ3) is 3.48. The van der Waals surface area contributed by atoms with Gasteiger partial charge in [0.25, 0.3) is 10.0 Å². The van der Waals surface area contributed by atoms with E-state index in [0.29, 0.717) is 15.7 Å². The number of rotatable bonds is 4. The van der Waals surface area contributed by atoms with Crippen molar-refractivity contribution in [3.63, 3.8) is 0 Å². The second kappa shape index (κ2) is 5.88. The largest absolute Gasteiger partial charge is 0.350 e. The molecule has 1 aromatic rings. The Kier molecular flexibility index (Phi) is 4.75. The summed E-state index contributed by atoms with van der Waals surface area (Å²) in [7, 11) is -3.91. The molecule has 0 heterocycles. The standard InChI is InChI=1S/C11H13ClN2O3S/c1-2-3-8-18(16,17)14(11(13)15)10-6-4-9(12)5-7-10/h3-8H,2H2,1H3,(H2,13,15). The summed E-state index contributed by atoms with van der Waals surface area (Å²) in [5, 5.41) is 1.39. The molecule has 0 atom stereocenters. The van der Waals surface area contributed by atoms with Crippen LogP contribution in [0.2, 0.25) is 5.02 Å². The Labute approximate surface area is 111 Å². The highest BCUT2D eigenvalue weighted by molar-refractivity contribution is 7.96. The number of nitrogens with two attached hydrogens (primary N) is 1. The summed E-state index contributed by atoms with van der Waals surface area (Å²) < 4.78 is 24.4. The van der Waals surface area contributed by atoms with Crippen molar-refractivity contribution in [2.45, 2.75) is 13.3 Å². The lowest BCUT2D eigenvalue weighted by Crippen LogP contribution is -2.39. The van der Waals surface area contributed by atoms with Crippen LogP contribution in [-0.4, -0.2) is 14.4 Å². The van der Waals surface area contributed by atoms with E-state index in [-0.39, 0.29) is 5.69 Å². The van der Waals surface area contributed by atoms with Crippen molar-refractivity contribution in [3.8, 4) is 0 Å². The van der Waals surface area contributed by atoms with Gasteiger partial charge in [-0.15, -0.1) is 0 Å². The molecule has 5 nitrogen and oxygen atoms in total. The molecule has 18 heavy (non-hydrogen) atoms. The molecular formula is C11H13ClN2O3S. The van der Waals surface area contributed by atoms with Gasteiger partial charge in [-0.3, -0.25) is 0 Å². The molecule has 98 valence electrons. The van der Waals surface area contributed by atoms with Crippen LogP contribution in [0.1, 0.15) is 13.3 Å². The van der Waals surface area contributed by atoms with Crippen LogP contribution in [0.3, 0.4) is 0 Å². The van der Waals surface area contributed by atoms with Gasteiger partial charge in [0.2, 0.25) is 0 Å². The number of benzene rings is 1. The molecule has 7 heteroatoms. The Morgan fingerprint density at radius 3 is 2.39 bits per heavy atom. The van der Waals surface area contributed by atoms with Crippen molar-refractivity contribution in [1.29, 1.82) is 0 Å². The highest BCUT2D eigenvalue weighted by atomic mass is 35.5. The predicted octanol–water partition coefficient (Wildman–Crippen LogP) is 2.48. The maximum absolute atomic E-state index is 11.9. The quantitative estimate of drug-likeness (QED) is 0.924. The molecular weight excluding hydrogens is 276 g/mol. The fourth-order valence-corrected chi connectivity index (χ4v) is 2.60. The summed E-state index contributed by atoms with van der Waals surface area (Å²) in [5.41, 5.74) is 5.25. The topological polar surface area (TPSA) is 80.5 Å². The number of carbonyl (C=O) groups excluding carboxylic acids is 1. The van der Waals surface area contributed by atoms with E-state index in [1.807, 2.05) is 0 Å². The van der Waals surface area contributed by atoms with Gasteiger partial charge in [-0.1, -0.05) is 24.6 Å². The first-order chi connectivity index (χ1) is 8.38. The average Bonchev–Trinajstić information content (AvgIpc) is 2.29. The molecule has 2 N–H and O–H groups in total. The molecule has 0 aromatic heterocycles. The number of urea groups is 1. The summed E-state index contributed by atoms with van der Waals surface area (Å²) in [6.45, 7) is 1.78. The van der Waals surface area contributed by atoms with E-state index < -0.39 is 16.1 Å². The lowest BCUT2D eigenvalue weighted by atomic mass is 10.3. The van der Waals surface area contributed by atoms with Crippen LogP contribution >= 0.6 is 11.6 Å². The molecule has 0 saturated heterocycles. The fourth-order valence-electron chi connectivity index (χ4n) is 1.25. The minimum Gasteiger partial charge on any atom is -0.350 e. The molecule has 1 rings (SSSR count). The number of amides is 2. The van der Waals surface area contributed by atoms with Gasteiger partial charge in [0.1, 0.15) is 0 Å². The van der Waals surface area contributed by atoms with Crippen molar-refractivity contribution in [2.75, 3.05) is 4.31 Å². The Bertz CT molecular complexity index is 552. The van der Waals surface area contributed by atoms with E-state index in [1.165, 1.54) is 30.3 Å². The Morgan fingerprint density at radius 2 is 1.94 bits per heavy atom. The summed E-state index contributed by atoms with van der Waals surface area (Å²) in [5.74, 6) is 0. The van der Waals surface area contributed by atoms with Crippen molar-refractivity contribution < 1.29 is 13.2 Å². The molecule has 2 amide bonds. The van der Waals surface area contributed by atoms with Crippen molar-refractivity contribution in [1.82, 2.24) is 0 Å². The van der Waals surface area contributed by atoms with Crippen LogP contribution in [0.5, 0.6) is 0 Å². The molecule has 0 unspecified atom stereocenters. The first-order valence-electron chi connectivity index (χ1n) is 5.15. The molecule has 0 saturated carbocycles. The number of anilines is 1. The van der Waals surface area contributed by atoms with Gasteiger partial charge in [-0.2, -0.15) is 4.31 Å². The van der Waals surface area contributed by atoms with E-state index >= 15 is 0 Å². The van der Waals surface area contributed by atoms with Gasteiger partial charge < -0.3 is 5.73 Å². The molecule has 1 aromatic carbocycles. The van der Waals surface area contributed by atoms with Gasteiger partial charge in [0, 0.05) is 10.4 Å². The maximum Gasteiger partial charge on any atom is 0.333 e. The normalized spacial score (nSPS) is 11.7. The number of primary amides is 1. The van der Waals surface area contributed by atoms with Gasteiger partial charge in [0.15, 0.2) is 0 Å². The zero-order valence-corrected chi connectivity index (χ0v) is 11.3. The molecule has 0 bridgehead atoms. The average molecular weight is 289 g/mol. The van der Waals surface area contributed by atoms with Gasteiger partial charge >= 0.3 is 6.03 Å². The van der Waals surface area contributed by atoms with Crippen LogP contribution < -0.4 is 10.0 Å². The van der Waals surface area contributed by atoms with Crippen molar-refractivity contribution in [3.05, 3.63) is 40.8 Å². The molecule has 0 fully saturated rings. The number of halogens is 1. The minimum absolute atomic E-state index is 0.146. The molecule has 0 spiro atoms.